The highest BCUT2D eigenvalue weighted by molar-refractivity contribution is 5.97. The zero-order valence-electron chi connectivity index (χ0n) is 16.0. The minimum atomic E-state index is -0.972. The summed E-state index contributed by atoms with van der Waals surface area (Å²) < 4.78 is 6.32. The summed E-state index contributed by atoms with van der Waals surface area (Å²) in [4.78, 5) is 12.4. The molecule has 1 fully saturated rings. The smallest absolute Gasteiger partial charge is 0.162 e. The van der Waals surface area contributed by atoms with E-state index in [0.717, 1.165) is 19.3 Å². The van der Waals surface area contributed by atoms with E-state index in [9.17, 15) is 15.0 Å². The molecule has 25 heavy (non-hydrogen) atoms. The van der Waals surface area contributed by atoms with Crippen LogP contribution in [0, 0.1) is 11.8 Å². The number of hydrogen-bond donors (Lipinski definition) is 2. The molecule has 140 valence electrons. The average molecular weight is 348 g/mol. The van der Waals surface area contributed by atoms with Crippen LogP contribution in [0.15, 0.2) is 23.0 Å². The predicted molar refractivity (Wildman–Crippen MR) is 96.9 cm³/mol. The van der Waals surface area contributed by atoms with Gasteiger partial charge in [-0.2, -0.15) is 0 Å². The Morgan fingerprint density at radius 2 is 2.12 bits per heavy atom. The molecule has 0 aromatic heterocycles. The van der Waals surface area contributed by atoms with Gasteiger partial charge in [0.1, 0.15) is 23.1 Å². The second-order valence-corrected chi connectivity index (χ2v) is 8.74. The standard InChI is InChI=1S/C21H32O4/c1-13(2)6-5-7-14(3)16-10-11-20(4,24)21(16)12-15-17(22)8-9-18(23)19(15)25-21/h6,14,16,18,23-24H,5,7-12H2,1-4H3/t14-,16-,18+,20-,21-/m0/s1. The third-order valence-electron chi connectivity index (χ3n) is 6.63. The van der Waals surface area contributed by atoms with Gasteiger partial charge in [0.25, 0.3) is 0 Å². The topological polar surface area (TPSA) is 66.8 Å². The Morgan fingerprint density at radius 1 is 1.40 bits per heavy atom. The Bertz CT molecular complexity index is 611. The van der Waals surface area contributed by atoms with Gasteiger partial charge in [-0.25, -0.2) is 0 Å². The first-order chi connectivity index (χ1) is 11.7. The lowest BCUT2D eigenvalue weighted by Gasteiger charge is -2.43. The van der Waals surface area contributed by atoms with E-state index in [2.05, 4.69) is 26.8 Å². The lowest BCUT2D eigenvalue weighted by atomic mass is 9.71. The number of Topliss-reactive ketones (excluding diaryl/α,β-unsaturated/α-hetero) is 1. The highest BCUT2D eigenvalue weighted by Gasteiger charge is 2.64. The first-order valence-corrected chi connectivity index (χ1v) is 9.67. The summed E-state index contributed by atoms with van der Waals surface area (Å²) in [6.07, 6.45) is 6.43. The van der Waals surface area contributed by atoms with Crippen LogP contribution in [0.2, 0.25) is 0 Å². The summed E-state index contributed by atoms with van der Waals surface area (Å²) >= 11 is 0. The van der Waals surface area contributed by atoms with Gasteiger partial charge in [-0.15, -0.1) is 0 Å². The van der Waals surface area contributed by atoms with Crippen LogP contribution in [0.5, 0.6) is 0 Å². The molecule has 1 aliphatic heterocycles. The maximum Gasteiger partial charge on any atom is 0.162 e. The molecular formula is C21H32O4. The Balaban J connectivity index is 1.84. The van der Waals surface area contributed by atoms with Gasteiger partial charge in [-0.05, 0) is 58.8 Å². The van der Waals surface area contributed by atoms with Crippen molar-refractivity contribution in [3.8, 4) is 0 Å². The molecule has 0 radical (unpaired) electrons. The van der Waals surface area contributed by atoms with Crippen LogP contribution in [0.4, 0.5) is 0 Å². The molecule has 3 aliphatic rings. The molecule has 4 heteroatoms. The number of aliphatic hydroxyl groups excluding tert-OH is 1. The van der Waals surface area contributed by atoms with Crippen molar-refractivity contribution in [1.29, 1.82) is 0 Å². The van der Waals surface area contributed by atoms with Gasteiger partial charge < -0.3 is 14.9 Å². The lowest BCUT2D eigenvalue weighted by Crippen LogP contribution is -2.53. The van der Waals surface area contributed by atoms with Crippen LogP contribution in [0.1, 0.15) is 72.6 Å². The fourth-order valence-corrected chi connectivity index (χ4v) is 5.07. The number of carbonyl (C=O) groups is 1. The zero-order chi connectivity index (χ0) is 18.4. The van der Waals surface area contributed by atoms with Crippen LogP contribution in [-0.4, -0.2) is 33.3 Å². The third kappa shape index (κ3) is 3.08. The van der Waals surface area contributed by atoms with Crippen molar-refractivity contribution in [2.45, 2.75) is 89.9 Å². The summed E-state index contributed by atoms with van der Waals surface area (Å²) in [7, 11) is 0. The van der Waals surface area contributed by atoms with Crippen molar-refractivity contribution in [2.75, 3.05) is 0 Å². The number of hydrogen-bond acceptors (Lipinski definition) is 4. The number of allylic oxidation sites excluding steroid dienone is 2. The second-order valence-electron chi connectivity index (χ2n) is 8.74. The number of rotatable bonds is 4. The second kappa shape index (κ2) is 6.55. The molecule has 0 aromatic rings. The van der Waals surface area contributed by atoms with E-state index in [4.69, 9.17) is 4.74 Å². The number of ketones is 1. The van der Waals surface area contributed by atoms with Crippen LogP contribution in [0.3, 0.4) is 0 Å². The van der Waals surface area contributed by atoms with Gasteiger partial charge in [0, 0.05) is 24.3 Å². The molecule has 1 saturated carbocycles. The highest BCUT2D eigenvalue weighted by Crippen LogP contribution is 2.58. The molecule has 3 rings (SSSR count). The first kappa shape index (κ1) is 18.7. The van der Waals surface area contributed by atoms with Gasteiger partial charge >= 0.3 is 0 Å². The summed E-state index contributed by atoms with van der Waals surface area (Å²) in [5.41, 5.74) is 0.216. The Kier molecular flexibility index (Phi) is 4.89. The monoisotopic (exact) mass is 348 g/mol. The lowest BCUT2D eigenvalue weighted by molar-refractivity contribution is -0.156. The molecular weight excluding hydrogens is 316 g/mol. The Hall–Kier alpha value is -1.13. The van der Waals surface area contributed by atoms with Crippen molar-refractivity contribution < 1.29 is 19.7 Å². The molecule has 0 bridgehead atoms. The van der Waals surface area contributed by atoms with Crippen molar-refractivity contribution >= 4 is 5.78 Å². The van der Waals surface area contributed by atoms with Crippen LogP contribution < -0.4 is 0 Å². The molecule has 0 aromatic carbocycles. The molecule has 0 amide bonds. The van der Waals surface area contributed by atoms with Crippen molar-refractivity contribution in [3.63, 3.8) is 0 Å². The fraction of sp³-hybridized carbons (Fsp3) is 0.762. The largest absolute Gasteiger partial charge is 0.485 e. The number of carbonyl (C=O) groups excluding carboxylic acids is 1. The molecule has 0 unspecified atom stereocenters. The first-order valence-electron chi connectivity index (χ1n) is 9.67. The van der Waals surface area contributed by atoms with Gasteiger partial charge in [0.05, 0.1) is 0 Å². The molecule has 2 N–H and O–H groups in total. The van der Waals surface area contributed by atoms with Gasteiger partial charge in [-0.3, -0.25) is 4.79 Å². The maximum atomic E-state index is 12.4. The summed E-state index contributed by atoms with van der Waals surface area (Å²) in [5.74, 6) is 1.10. The molecule has 2 aliphatic carbocycles. The average Bonchev–Trinajstić information content (AvgIpc) is 3.04. The van der Waals surface area contributed by atoms with E-state index in [1.54, 1.807) is 0 Å². The van der Waals surface area contributed by atoms with Crippen molar-refractivity contribution in [1.82, 2.24) is 0 Å². The van der Waals surface area contributed by atoms with Gasteiger partial charge in [0.15, 0.2) is 5.78 Å². The van der Waals surface area contributed by atoms with E-state index in [0.29, 0.717) is 42.9 Å². The molecule has 0 saturated heterocycles. The SMILES string of the molecule is CC(C)=CCC[C@H](C)[C@@H]1CC[C@](C)(O)[C@]12CC1=C(O2)[C@H](O)CCC1=O. The predicted octanol–water partition coefficient (Wildman–Crippen LogP) is 3.67. The molecule has 1 heterocycles. The van der Waals surface area contributed by atoms with E-state index in [-0.39, 0.29) is 11.7 Å². The molecule has 4 nitrogen and oxygen atoms in total. The third-order valence-corrected chi connectivity index (χ3v) is 6.63. The minimum absolute atomic E-state index is 0.0795. The normalized spacial score (nSPS) is 38.7. The van der Waals surface area contributed by atoms with Crippen LogP contribution >= 0.6 is 0 Å². The zero-order valence-corrected chi connectivity index (χ0v) is 16.0. The van der Waals surface area contributed by atoms with Crippen molar-refractivity contribution in [2.24, 2.45) is 11.8 Å². The molecule has 1 spiro atoms. The van der Waals surface area contributed by atoms with Gasteiger partial charge in [0.2, 0.25) is 0 Å². The van der Waals surface area contributed by atoms with E-state index < -0.39 is 17.3 Å². The number of aliphatic hydroxyl groups is 2. The number of ether oxygens (including phenoxy) is 1. The van der Waals surface area contributed by atoms with E-state index in [1.807, 2.05) is 6.92 Å². The quantitative estimate of drug-likeness (QED) is 0.761. The van der Waals surface area contributed by atoms with Crippen LogP contribution in [-0.2, 0) is 9.53 Å². The fourth-order valence-electron chi connectivity index (χ4n) is 5.07. The summed E-state index contributed by atoms with van der Waals surface area (Å²) in [6, 6.07) is 0. The van der Waals surface area contributed by atoms with E-state index in [1.165, 1.54) is 5.57 Å². The van der Waals surface area contributed by atoms with Gasteiger partial charge in [-0.1, -0.05) is 18.6 Å². The Labute approximate surface area is 151 Å². The molecule has 5 atom stereocenters. The highest BCUT2D eigenvalue weighted by atomic mass is 16.5. The van der Waals surface area contributed by atoms with Crippen LogP contribution in [0.25, 0.3) is 0 Å². The van der Waals surface area contributed by atoms with Crippen molar-refractivity contribution in [3.05, 3.63) is 23.0 Å². The Morgan fingerprint density at radius 3 is 2.76 bits per heavy atom. The van der Waals surface area contributed by atoms with E-state index >= 15 is 0 Å². The minimum Gasteiger partial charge on any atom is -0.485 e. The summed E-state index contributed by atoms with van der Waals surface area (Å²) in [6.45, 7) is 8.28. The summed E-state index contributed by atoms with van der Waals surface area (Å²) in [5, 5.41) is 21.5. The maximum absolute atomic E-state index is 12.4.